The highest BCUT2D eigenvalue weighted by Gasteiger charge is 2.14. The first-order valence-corrected chi connectivity index (χ1v) is 10.4. The molecule has 0 radical (unpaired) electrons. The first kappa shape index (κ1) is 21.8. The largest absolute Gasteiger partial charge is 0.491 e. The summed E-state index contributed by atoms with van der Waals surface area (Å²) in [5.41, 5.74) is 0.553. The number of hydrazone groups is 1. The summed E-state index contributed by atoms with van der Waals surface area (Å²) in [6, 6.07) is 9.34. The van der Waals surface area contributed by atoms with E-state index in [9.17, 15) is 8.42 Å². The van der Waals surface area contributed by atoms with Gasteiger partial charge in [-0.15, -0.1) is 0 Å². The summed E-state index contributed by atoms with van der Waals surface area (Å²) in [6.07, 6.45) is 1.34. The average Bonchev–Trinajstić information content (AvgIpc) is 2.62. The van der Waals surface area contributed by atoms with E-state index in [2.05, 4.69) is 9.93 Å². The standard InChI is InChI=1S/C19H23ClN2O5S/c1-5-26-18-11-14(10-17(20)19(18)25-4)12-21-22-28(23,24)16-8-6-15(7-9-16)27-13(2)3/h6-13,22H,5H2,1-4H3/b21-12+. The predicted octanol–water partition coefficient (Wildman–Crippen LogP) is 3.85. The zero-order valence-corrected chi connectivity index (χ0v) is 17.7. The van der Waals surface area contributed by atoms with Gasteiger partial charge in [-0.3, -0.25) is 0 Å². The monoisotopic (exact) mass is 426 g/mol. The first-order valence-electron chi connectivity index (χ1n) is 8.58. The van der Waals surface area contributed by atoms with E-state index in [0.717, 1.165) is 0 Å². The Labute approximate surface area is 170 Å². The Balaban J connectivity index is 2.14. The molecule has 28 heavy (non-hydrogen) atoms. The van der Waals surface area contributed by atoms with Crippen LogP contribution in [0.5, 0.6) is 17.2 Å². The Kier molecular flexibility index (Phi) is 7.53. The van der Waals surface area contributed by atoms with Crippen LogP contribution in [0.4, 0.5) is 0 Å². The number of rotatable bonds is 9. The van der Waals surface area contributed by atoms with Crippen LogP contribution in [-0.4, -0.2) is 34.5 Å². The summed E-state index contributed by atoms with van der Waals surface area (Å²) in [4.78, 5) is 2.24. The maximum absolute atomic E-state index is 12.4. The van der Waals surface area contributed by atoms with Crippen LogP contribution in [-0.2, 0) is 10.0 Å². The van der Waals surface area contributed by atoms with Gasteiger partial charge in [-0.2, -0.15) is 13.5 Å². The van der Waals surface area contributed by atoms with E-state index in [1.54, 1.807) is 24.3 Å². The van der Waals surface area contributed by atoms with E-state index in [1.807, 2.05) is 20.8 Å². The number of benzene rings is 2. The summed E-state index contributed by atoms with van der Waals surface area (Å²) < 4.78 is 40.9. The minimum Gasteiger partial charge on any atom is -0.491 e. The van der Waals surface area contributed by atoms with Gasteiger partial charge in [0, 0.05) is 0 Å². The fourth-order valence-electron chi connectivity index (χ4n) is 2.32. The Morgan fingerprint density at radius 1 is 1.21 bits per heavy atom. The summed E-state index contributed by atoms with van der Waals surface area (Å²) in [5, 5.41) is 4.14. The lowest BCUT2D eigenvalue weighted by atomic mass is 10.2. The van der Waals surface area contributed by atoms with Crippen molar-refractivity contribution in [2.45, 2.75) is 31.8 Å². The lowest BCUT2D eigenvalue weighted by Crippen LogP contribution is -2.18. The molecule has 0 atom stereocenters. The molecule has 0 heterocycles. The average molecular weight is 427 g/mol. The Morgan fingerprint density at radius 2 is 1.89 bits per heavy atom. The molecular weight excluding hydrogens is 404 g/mol. The number of nitrogens with zero attached hydrogens (tertiary/aromatic N) is 1. The fraction of sp³-hybridized carbons (Fsp3) is 0.316. The third-order valence-corrected chi connectivity index (χ3v) is 4.95. The van der Waals surface area contributed by atoms with Gasteiger partial charge in [0.05, 0.1) is 36.0 Å². The van der Waals surface area contributed by atoms with Crippen LogP contribution in [0.25, 0.3) is 0 Å². The van der Waals surface area contributed by atoms with Crippen LogP contribution in [0.3, 0.4) is 0 Å². The van der Waals surface area contributed by atoms with Gasteiger partial charge in [-0.05, 0) is 62.7 Å². The number of ether oxygens (including phenoxy) is 3. The minimum atomic E-state index is -3.81. The topological polar surface area (TPSA) is 86.2 Å². The number of hydrogen-bond acceptors (Lipinski definition) is 6. The van der Waals surface area contributed by atoms with E-state index in [-0.39, 0.29) is 11.0 Å². The van der Waals surface area contributed by atoms with Crippen molar-refractivity contribution in [2.75, 3.05) is 13.7 Å². The molecule has 2 aromatic carbocycles. The van der Waals surface area contributed by atoms with Crippen LogP contribution >= 0.6 is 11.6 Å². The molecule has 1 N–H and O–H groups in total. The van der Waals surface area contributed by atoms with Crippen molar-refractivity contribution >= 4 is 27.8 Å². The summed E-state index contributed by atoms with van der Waals surface area (Å²) >= 11 is 6.17. The molecule has 0 unspecified atom stereocenters. The second-order valence-corrected chi connectivity index (χ2v) is 8.03. The molecule has 152 valence electrons. The van der Waals surface area contributed by atoms with E-state index in [4.69, 9.17) is 25.8 Å². The second-order valence-electron chi connectivity index (χ2n) is 5.96. The molecule has 0 spiro atoms. The van der Waals surface area contributed by atoms with Gasteiger partial charge in [0.25, 0.3) is 10.0 Å². The Hall–Kier alpha value is -2.45. The van der Waals surface area contributed by atoms with Gasteiger partial charge in [-0.25, -0.2) is 4.83 Å². The minimum absolute atomic E-state index is 0.00285. The van der Waals surface area contributed by atoms with Crippen LogP contribution in [0.2, 0.25) is 5.02 Å². The van der Waals surface area contributed by atoms with Gasteiger partial charge in [0.1, 0.15) is 5.75 Å². The van der Waals surface area contributed by atoms with Crippen molar-refractivity contribution in [3.05, 3.63) is 47.0 Å². The van der Waals surface area contributed by atoms with Gasteiger partial charge in [-0.1, -0.05) is 11.6 Å². The molecule has 0 saturated carbocycles. The van der Waals surface area contributed by atoms with Crippen molar-refractivity contribution in [3.63, 3.8) is 0 Å². The number of halogens is 1. The van der Waals surface area contributed by atoms with Gasteiger partial charge < -0.3 is 14.2 Å². The van der Waals surface area contributed by atoms with E-state index in [1.165, 1.54) is 25.5 Å². The summed E-state index contributed by atoms with van der Waals surface area (Å²) in [7, 11) is -2.32. The molecule has 0 aliphatic rings. The number of sulfonamides is 1. The molecule has 0 aromatic heterocycles. The fourth-order valence-corrected chi connectivity index (χ4v) is 3.40. The maximum Gasteiger partial charge on any atom is 0.276 e. The maximum atomic E-state index is 12.4. The Bertz CT molecular complexity index is 928. The molecule has 2 aromatic rings. The zero-order valence-electron chi connectivity index (χ0n) is 16.1. The third kappa shape index (κ3) is 5.77. The number of hydrogen-bond donors (Lipinski definition) is 1. The van der Waals surface area contributed by atoms with Crippen LogP contribution in [0, 0.1) is 0 Å². The molecule has 0 saturated heterocycles. The molecule has 9 heteroatoms. The SMILES string of the molecule is CCOc1cc(/C=N/NS(=O)(=O)c2ccc(OC(C)C)cc2)cc(Cl)c1OC. The lowest BCUT2D eigenvalue weighted by Gasteiger charge is -2.11. The van der Waals surface area contributed by atoms with Crippen molar-refractivity contribution in [2.24, 2.45) is 5.10 Å². The smallest absolute Gasteiger partial charge is 0.276 e. The van der Waals surface area contributed by atoms with E-state index >= 15 is 0 Å². The summed E-state index contributed by atoms with van der Waals surface area (Å²) in [6.45, 7) is 6.04. The molecule has 0 amide bonds. The third-order valence-electron chi connectivity index (χ3n) is 3.43. The molecule has 0 aliphatic heterocycles. The quantitative estimate of drug-likeness (QED) is 0.486. The molecule has 0 fully saturated rings. The normalized spacial score (nSPS) is 11.6. The first-order chi connectivity index (χ1) is 13.3. The Morgan fingerprint density at radius 3 is 2.46 bits per heavy atom. The molecule has 7 nitrogen and oxygen atoms in total. The number of methoxy groups -OCH3 is 1. The molecule has 0 aliphatic carbocycles. The van der Waals surface area contributed by atoms with Crippen LogP contribution in [0.1, 0.15) is 26.3 Å². The van der Waals surface area contributed by atoms with E-state index < -0.39 is 10.0 Å². The highest BCUT2D eigenvalue weighted by molar-refractivity contribution is 7.89. The van der Waals surface area contributed by atoms with E-state index in [0.29, 0.717) is 34.4 Å². The van der Waals surface area contributed by atoms with Crippen molar-refractivity contribution in [1.29, 1.82) is 0 Å². The van der Waals surface area contributed by atoms with Crippen molar-refractivity contribution < 1.29 is 22.6 Å². The molecule has 2 rings (SSSR count). The van der Waals surface area contributed by atoms with Gasteiger partial charge in [0.2, 0.25) is 0 Å². The van der Waals surface area contributed by atoms with Crippen LogP contribution in [0.15, 0.2) is 46.4 Å². The van der Waals surface area contributed by atoms with Crippen molar-refractivity contribution in [1.82, 2.24) is 4.83 Å². The summed E-state index contributed by atoms with van der Waals surface area (Å²) in [5.74, 6) is 1.45. The highest BCUT2D eigenvalue weighted by atomic mass is 35.5. The van der Waals surface area contributed by atoms with Crippen molar-refractivity contribution in [3.8, 4) is 17.2 Å². The highest BCUT2D eigenvalue weighted by Crippen LogP contribution is 2.35. The van der Waals surface area contributed by atoms with Crippen LogP contribution < -0.4 is 19.0 Å². The van der Waals surface area contributed by atoms with Gasteiger partial charge in [0.15, 0.2) is 11.5 Å². The predicted molar refractivity (Wildman–Crippen MR) is 109 cm³/mol. The zero-order chi connectivity index (χ0) is 20.7. The molecular formula is C19H23ClN2O5S. The molecule has 0 bridgehead atoms. The number of nitrogens with one attached hydrogen (secondary N) is 1. The second kappa shape index (κ2) is 9.66. The lowest BCUT2D eigenvalue weighted by molar-refractivity contribution is 0.242. The van der Waals surface area contributed by atoms with Gasteiger partial charge >= 0.3 is 0 Å².